The Hall–Kier alpha value is -2.62. The number of hydrogen-bond acceptors (Lipinski definition) is 6. The molecule has 10 heteroatoms. The van der Waals surface area contributed by atoms with Crippen LogP contribution in [0.1, 0.15) is 5.69 Å². The molecular weight excluding hydrogens is 355 g/mol. The number of rotatable bonds is 4. The van der Waals surface area contributed by atoms with Gasteiger partial charge in [-0.3, -0.25) is 0 Å². The van der Waals surface area contributed by atoms with E-state index in [0.29, 0.717) is 16.7 Å². The molecule has 0 saturated carbocycles. The molecule has 2 aromatic heterocycles. The van der Waals surface area contributed by atoms with Crippen LogP contribution in [0.4, 0.5) is 13.2 Å². The molecule has 3 rings (SSSR count). The summed E-state index contributed by atoms with van der Waals surface area (Å²) in [6.07, 6.45) is -4.52. The number of hydrogen-bond donors (Lipinski definition) is 0. The Balaban J connectivity index is 1.87. The van der Waals surface area contributed by atoms with Gasteiger partial charge >= 0.3 is 6.18 Å². The van der Waals surface area contributed by atoms with Gasteiger partial charge in [-0.15, -0.1) is 20.4 Å². The van der Waals surface area contributed by atoms with Gasteiger partial charge in [0.1, 0.15) is 10.8 Å². The first-order chi connectivity index (χ1) is 11.9. The largest absolute Gasteiger partial charge is 0.496 e. The normalized spacial score (nSPS) is 11.6. The van der Waals surface area contributed by atoms with E-state index in [0.717, 1.165) is 23.4 Å². The fraction of sp³-hybridized carbons (Fsp3) is 0.200. The maximum Gasteiger partial charge on any atom is 0.435 e. The van der Waals surface area contributed by atoms with Gasteiger partial charge in [-0.1, -0.05) is 12.1 Å². The Labute approximate surface area is 145 Å². The molecule has 0 bridgehead atoms. The van der Waals surface area contributed by atoms with Gasteiger partial charge in [0, 0.05) is 7.05 Å². The van der Waals surface area contributed by atoms with Gasteiger partial charge in [0.05, 0.1) is 12.7 Å². The maximum atomic E-state index is 12.5. The zero-order valence-electron chi connectivity index (χ0n) is 13.2. The first-order valence-electron chi connectivity index (χ1n) is 7.01. The number of aromatic nitrogens is 5. The topological polar surface area (TPSA) is 65.7 Å². The lowest BCUT2D eigenvalue weighted by molar-refractivity contribution is -0.141. The summed E-state index contributed by atoms with van der Waals surface area (Å²) >= 11 is 1.07. The highest BCUT2D eigenvalue weighted by Crippen LogP contribution is 2.32. The summed E-state index contributed by atoms with van der Waals surface area (Å²) in [6.45, 7) is 0. The predicted molar refractivity (Wildman–Crippen MR) is 84.1 cm³/mol. The van der Waals surface area contributed by atoms with Crippen molar-refractivity contribution in [2.24, 2.45) is 7.05 Å². The Morgan fingerprint density at radius 3 is 2.40 bits per heavy atom. The Bertz CT molecular complexity index is 880. The van der Waals surface area contributed by atoms with Crippen LogP contribution in [0.25, 0.3) is 11.4 Å². The summed E-state index contributed by atoms with van der Waals surface area (Å²) in [5.74, 6) is 1.21. The van der Waals surface area contributed by atoms with Crippen molar-refractivity contribution in [3.8, 4) is 17.1 Å². The minimum atomic E-state index is -4.52. The van der Waals surface area contributed by atoms with Crippen LogP contribution in [0, 0.1) is 0 Å². The second kappa shape index (κ2) is 6.71. The van der Waals surface area contributed by atoms with E-state index in [-0.39, 0.29) is 5.03 Å². The van der Waals surface area contributed by atoms with Crippen LogP contribution in [0.2, 0.25) is 0 Å². The van der Waals surface area contributed by atoms with Crippen molar-refractivity contribution in [2.75, 3.05) is 7.11 Å². The molecule has 0 aliphatic carbocycles. The van der Waals surface area contributed by atoms with E-state index >= 15 is 0 Å². The van der Waals surface area contributed by atoms with E-state index < -0.39 is 11.9 Å². The van der Waals surface area contributed by atoms with Crippen molar-refractivity contribution in [3.63, 3.8) is 0 Å². The molecule has 0 aliphatic heterocycles. The van der Waals surface area contributed by atoms with Gasteiger partial charge in [0.15, 0.2) is 16.7 Å². The van der Waals surface area contributed by atoms with Crippen molar-refractivity contribution < 1.29 is 17.9 Å². The Morgan fingerprint density at radius 1 is 1.00 bits per heavy atom. The average Bonchev–Trinajstić information content (AvgIpc) is 2.95. The zero-order valence-corrected chi connectivity index (χ0v) is 14.0. The summed E-state index contributed by atoms with van der Waals surface area (Å²) in [5, 5.41) is 15.7. The molecule has 0 spiro atoms. The van der Waals surface area contributed by atoms with Crippen LogP contribution in [-0.4, -0.2) is 32.1 Å². The molecule has 0 fully saturated rings. The second-order valence-corrected chi connectivity index (χ2v) is 5.91. The third-order valence-corrected chi connectivity index (χ3v) is 4.27. The molecule has 0 unspecified atom stereocenters. The molecule has 0 N–H and O–H groups in total. The summed E-state index contributed by atoms with van der Waals surface area (Å²) in [4.78, 5) is 0. The summed E-state index contributed by atoms with van der Waals surface area (Å²) in [5.41, 5.74) is -0.283. The van der Waals surface area contributed by atoms with Crippen molar-refractivity contribution in [1.82, 2.24) is 25.0 Å². The van der Waals surface area contributed by atoms with Crippen LogP contribution >= 0.6 is 11.8 Å². The van der Waals surface area contributed by atoms with Crippen LogP contribution in [0.3, 0.4) is 0 Å². The SMILES string of the molecule is COc1ccccc1-c1nnc(Sc2ccc(C(F)(F)F)nn2)n1C. The molecule has 0 aliphatic rings. The van der Waals surface area contributed by atoms with E-state index in [1.165, 1.54) is 6.07 Å². The van der Waals surface area contributed by atoms with Crippen LogP contribution in [0.5, 0.6) is 5.75 Å². The average molecular weight is 367 g/mol. The Morgan fingerprint density at radius 2 is 1.76 bits per heavy atom. The molecule has 25 heavy (non-hydrogen) atoms. The minimum absolute atomic E-state index is 0.287. The third kappa shape index (κ3) is 3.58. The van der Waals surface area contributed by atoms with E-state index in [4.69, 9.17) is 4.74 Å². The number of methoxy groups -OCH3 is 1. The maximum absolute atomic E-state index is 12.5. The lowest BCUT2D eigenvalue weighted by atomic mass is 10.2. The van der Waals surface area contributed by atoms with E-state index in [1.54, 1.807) is 24.8 Å². The van der Waals surface area contributed by atoms with E-state index in [2.05, 4.69) is 20.4 Å². The molecule has 0 amide bonds. The van der Waals surface area contributed by atoms with Crippen LogP contribution in [0.15, 0.2) is 46.6 Å². The Kier molecular flexibility index (Phi) is 4.62. The summed E-state index contributed by atoms with van der Waals surface area (Å²) in [6, 6.07) is 9.46. The number of benzene rings is 1. The number of alkyl halides is 3. The fourth-order valence-corrected chi connectivity index (χ4v) is 2.80. The van der Waals surface area contributed by atoms with Gasteiger partial charge in [-0.2, -0.15) is 13.2 Å². The first kappa shape index (κ1) is 17.2. The number of ether oxygens (including phenoxy) is 1. The lowest BCUT2D eigenvalue weighted by Gasteiger charge is -2.08. The summed E-state index contributed by atoms with van der Waals surface area (Å²) < 4.78 is 44.6. The molecule has 6 nitrogen and oxygen atoms in total. The van der Waals surface area contributed by atoms with Crippen molar-refractivity contribution >= 4 is 11.8 Å². The molecule has 130 valence electrons. The minimum Gasteiger partial charge on any atom is -0.496 e. The first-order valence-corrected chi connectivity index (χ1v) is 7.83. The fourth-order valence-electron chi connectivity index (χ4n) is 2.09. The molecule has 3 aromatic rings. The van der Waals surface area contributed by atoms with Crippen LogP contribution < -0.4 is 4.74 Å². The van der Waals surface area contributed by atoms with Crippen molar-refractivity contribution in [1.29, 1.82) is 0 Å². The van der Waals surface area contributed by atoms with E-state index in [9.17, 15) is 13.2 Å². The van der Waals surface area contributed by atoms with Gasteiger partial charge in [0.2, 0.25) is 0 Å². The van der Waals surface area contributed by atoms with Crippen molar-refractivity contribution in [3.05, 3.63) is 42.1 Å². The van der Waals surface area contributed by atoms with E-state index in [1.807, 2.05) is 18.2 Å². The molecule has 1 aromatic carbocycles. The number of para-hydroxylation sites is 1. The molecule has 0 atom stereocenters. The molecule has 0 radical (unpaired) electrons. The number of nitrogens with zero attached hydrogens (tertiary/aromatic N) is 5. The van der Waals surface area contributed by atoms with Gasteiger partial charge in [-0.05, 0) is 36.0 Å². The van der Waals surface area contributed by atoms with Crippen LogP contribution in [-0.2, 0) is 13.2 Å². The predicted octanol–water partition coefficient (Wildman–Crippen LogP) is 3.45. The monoisotopic (exact) mass is 367 g/mol. The molecule has 0 saturated heterocycles. The smallest absolute Gasteiger partial charge is 0.435 e. The molecule has 2 heterocycles. The lowest BCUT2D eigenvalue weighted by Crippen LogP contribution is -2.08. The number of halogens is 3. The highest BCUT2D eigenvalue weighted by molar-refractivity contribution is 7.99. The second-order valence-electron chi connectivity index (χ2n) is 4.92. The zero-order chi connectivity index (χ0) is 18.0. The molecular formula is C15H12F3N5OS. The standard InChI is InChI=1S/C15H12F3N5OS/c1-23-13(9-5-3-4-6-10(9)24-2)21-22-14(23)25-12-8-7-11(19-20-12)15(16,17)18/h3-8H,1-2H3. The summed E-state index contributed by atoms with van der Waals surface area (Å²) in [7, 11) is 3.31. The third-order valence-electron chi connectivity index (χ3n) is 3.31. The highest BCUT2D eigenvalue weighted by Gasteiger charge is 2.33. The highest BCUT2D eigenvalue weighted by atomic mass is 32.2. The van der Waals surface area contributed by atoms with Gasteiger partial charge in [-0.25, -0.2) is 0 Å². The van der Waals surface area contributed by atoms with Crippen molar-refractivity contribution in [2.45, 2.75) is 16.4 Å². The quantitative estimate of drug-likeness (QED) is 0.704. The van der Waals surface area contributed by atoms with Gasteiger partial charge < -0.3 is 9.30 Å². The van der Waals surface area contributed by atoms with Gasteiger partial charge in [0.25, 0.3) is 0 Å².